The van der Waals surface area contributed by atoms with E-state index in [-0.39, 0.29) is 17.8 Å². The largest absolute Gasteiger partial charge is 0.418 e. The van der Waals surface area contributed by atoms with Crippen molar-refractivity contribution in [3.8, 4) is 0 Å². The van der Waals surface area contributed by atoms with Gasteiger partial charge in [-0.1, -0.05) is 42.5 Å². The van der Waals surface area contributed by atoms with Crippen LogP contribution in [0.15, 0.2) is 58.6 Å². The lowest BCUT2D eigenvalue weighted by Crippen LogP contribution is -2.47. The van der Waals surface area contributed by atoms with E-state index in [1.807, 2.05) is 0 Å². The van der Waals surface area contributed by atoms with Gasteiger partial charge in [0.1, 0.15) is 5.84 Å². The molecule has 5 N–H and O–H groups in total. The Hall–Kier alpha value is -3.07. The number of nitrogens with zero attached hydrogens (tertiary/aromatic N) is 2. The zero-order valence-corrected chi connectivity index (χ0v) is 13.4. The fourth-order valence-corrected chi connectivity index (χ4v) is 3.26. The summed E-state index contributed by atoms with van der Waals surface area (Å²) in [7, 11) is 0. The van der Waals surface area contributed by atoms with E-state index in [0.717, 1.165) is 0 Å². The van der Waals surface area contributed by atoms with Crippen molar-refractivity contribution in [3.63, 3.8) is 0 Å². The van der Waals surface area contributed by atoms with E-state index in [2.05, 4.69) is 26.6 Å². The highest BCUT2D eigenvalue weighted by atomic mass is 19.4. The van der Waals surface area contributed by atoms with Crippen molar-refractivity contribution < 1.29 is 13.2 Å². The summed E-state index contributed by atoms with van der Waals surface area (Å²) >= 11 is 0. The Morgan fingerprint density at radius 3 is 2.50 bits per heavy atom. The highest BCUT2D eigenvalue weighted by Crippen LogP contribution is 2.47. The zero-order chi connectivity index (χ0) is 18.4. The number of hydrogen-bond acceptors (Lipinski definition) is 6. The van der Waals surface area contributed by atoms with Crippen molar-refractivity contribution >= 4 is 11.7 Å². The first-order valence-electron chi connectivity index (χ1n) is 7.86. The lowest BCUT2D eigenvalue weighted by Gasteiger charge is -2.36. The van der Waals surface area contributed by atoms with Crippen molar-refractivity contribution in [2.75, 3.05) is 0 Å². The van der Waals surface area contributed by atoms with Crippen molar-refractivity contribution in [2.24, 2.45) is 15.8 Å². The van der Waals surface area contributed by atoms with Gasteiger partial charge in [-0.15, -0.1) is 10.6 Å². The van der Waals surface area contributed by atoms with E-state index in [0.29, 0.717) is 22.5 Å². The molecule has 1 atom stereocenters. The number of hydrazine groups is 2. The molecule has 0 aromatic heterocycles. The molecule has 26 heavy (non-hydrogen) atoms. The van der Waals surface area contributed by atoms with Gasteiger partial charge >= 0.3 is 6.18 Å². The molecule has 2 heterocycles. The lowest BCUT2D eigenvalue weighted by atomic mass is 9.79. The molecule has 9 heteroatoms. The zero-order valence-electron chi connectivity index (χ0n) is 13.4. The highest BCUT2D eigenvalue weighted by molar-refractivity contribution is 6.03. The Morgan fingerprint density at radius 1 is 1.08 bits per heavy atom. The van der Waals surface area contributed by atoms with Crippen LogP contribution in [-0.4, -0.2) is 17.8 Å². The van der Waals surface area contributed by atoms with Gasteiger partial charge in [0.2, 0.25) is 0 Å². The second-order valence-electron chi connectivity index (χ2n) is 6.09. The van der Waals surface area contributed by atoms with Gasteiger partial charge in [0.25, 0.3) is 0 Å². The van der Waals surface area contributed by atoms with Crippen molar-refractivity contribution in [3.05, 3.63) is 70.8 Å². The molecule has 0 saturated carbocycles. The summed E-state index contributed by atoms with van der Waals surface area (Å²) in [6, 6.07) is 12.7. The first kappa shape index (κ1) is 16.4. The number of alkyl halides is 3. The Kier molecular flexibility index (Phi) is 3.62. The summed E-state index contributed by atoms with van der Waals surface area (Å²) in [6.45, 7) is 0. The third kappa shape index (κ3) is 2.48. The van der Waals surface area contributed by atoms with E-state index in [9.17, 15) is 13.2 Å². The predicted octanol–water partition coefficient (Wildman–Crippen LogP) is 1.68. The number of hydrogen-bond donors (Lipinski definition) is 4. The Balaban J connectivity index is 1.86. The van der Waals surface area contributed by atoms with Gasteiger partial charge in [-0.2, -0.15) is 13.2 Å². The molecular formula is C17H15F3N6. The molecule has 0 spiro atoms. The number of aliphatic imine (C=N–C) groups is 1. The molecular weight excluding hydrogens is 345 g/mol. The molecule has 0 amide bonds. The number of benzene rings is 2. The number of nitrogens with one attached hydrogen (secondary N) is 3. The number of hydrazone groups is 1. The van der Waals surface area contributed by atoms with Gasteiger partial charge in [0.05, 0.1) is 0 Å². The van der Waals surface area contributed by atoms with Crippen molar-refractivity contribution in [1.29, 1.82) is 0 Å². The maximum Gasteiger partial charge on any atom is 0.418 e. The minimum Gasteiger partial charge on any atom is -0.383 e. The molecule has 0 saturated heterocycles. The molecule has 134 valence electrons. The Labute approximate surface area is 146 Å². The molecule has 0 bridgehead atoms. The first-order valence-corrected chi connectivity index (χ1v) is 7.86. The first-order chi connectivity index (χ1) is 12.4. The lowest BCUT2D eigenvalue weighted by molar-refractivity contribution is -0.189. The SMILES string of the molecule is NC1=NC(c2ccccc2)(C(F)(F)F)Cc2cc(C3=NNNN3)ccc21. The summed E-state index contributed by atoms with van der Waals surface area (Å²) in [5, 5.41) is 3.98. The Bertz CT molecular complexity index is 906. The Morgan fingerprint density at radius 2 is 1.85 bits per heavy atom. The third-order valence-electron chi connectivity index (χ3n) is 4.54. The number of rotatable bonds is 2. The van der Waals surface area contributed by atoms with Gasteiger partial charge in [-0.05, 0) is 17.2 Å². The van der Waals surface area contributed by atoms with Crippen LogP contribution >= 0.6 is 0 Å². The minimum absolute atomic E-state index is 0.0613. The monoisotopic (exact) mass is 360 g/mol. The van der Waals surface area contributed by atoms with Gasteiger partial charge in [-0.25, -0.2) is 10.5 Å². The van der Waals surface area contributed by atoms with Crippen molar-refractivity contribution in [1.82, 2.24) is 16.5 Å². The van der Waals surface area contributed by atoms with E-state index in [1.165, 1.54) is 12.1 Å². The van der Waals surface area contributed by atoms with Crippen LogP contribution in [0.25, 0.3) is 0 Å². The van der Waals surface area contributed by atoms with Gasteiger partial charge < -0.3 is 5.73 Å². The molecule has 6 nitrogen and oxygen atoms in total. The smallest absolute Gasteiger partial charge is 0.383 e. The van der Waals surface area contributed by atoms with Gasteiger partial charge in [0.15, 0.2) is 11.4 Å². The van der Waals surface area contributed by atoms with Gasteiger partial charge in [0, 0.05) is 17.5 Å². The average Bonchev–Trinajstić information content (AvgIpc) is 3.15. The fourth-order valence-electron chi connectivity index (χ4n) is 3.26. The fraction of sp³-hybridized carbons (Fsp3) is 0.176. The molecule has 2 aliphatic rings. The summed E-state index contributed by atoms with van der Waals surface area (Å²) in [4.78, 5) is 3.92. The maximum absolute atomic E-state index is 14.1. The maximum atomic E-state index is 14.1. The topological polar surface area (TPSA) is 86.8 Å². The predicted molar refractivity (Wildman–Crippen MR) is 91.0 cm³/mol. The molecule has 0 fully saturated rings. The number of fused-ring (bicyclic) bond motifs is 1. The van der Waals surface area contributed by atoms with Crippen LogP contribution < -0.4 is 22.2 Å². The van der Waals surface area contributed by atoms with Crippen LogP contribution in [0.3, 0.4) is 0 Å². The second kappa shape index (κ2) is 5.73. The molecule has 0 radical (unpaired) electrons. The average molecular weight is 360 g/mol. The molecule has 0 aliphatic carbocycles. The van der Waals surface area contributed by atoms with Crippen LogP contribution in [0.1, 0.15) is 22.3 Å². The summed E-state index contributed by atoms with van der Waals surface area (Å²) in [6.07, 6.45) is -4.93. The standard InChI is InChI=1S/C17H15F3N6/c18-17(19,20)16(12-4-2-1-3-5-12)9-11-8-10(15-23-25-26-24-15)6-7-13(11)14(21)22-16/h1-8,25-26H,9H2,(H2,21,22)(H,23,24). The van der Waals surface area contributed by atoms with Crippen LogP contribution in [0.5, 0.6) is 0 Å². The van der Waals surface area contributed by atoms with E-state index in [1.54, 1.807) is 36.4 Å². The summed E-state index contributed by atoms with van der Waals surface area (Å²) in [5.74, 6) is 0.350. The van der Waals surface area contributed by atoms with Crippen LogP contribution in [0.2, 0.25) is 0 Å². The van der Waals surface area contributed by atoms with Crippen LogP contribution in [-0.2, 0) is 12.0 Å². The quantitative estimate of drug-likeness (QED) is 0.656. The molecule has 2 aliphatic heterocycles. The molecule has 1 unspecified atom stereocenters. The molecule has 2 aromatic carbocycles. The third-order valence-corrected chi connectivity index (χ3v) is 4.54. The normalized spacial score (nSPS) is 22.0. The van der Waals surface area contributed by atoms with Crippen LogP contribution in [0, 0.1) is 0 Å². The van der Waals surface area contributed by atoms with Crippen LogP contribution in [0.4, 0.5) is 13.2 Å². The number of nitrogens with two attached hydrogens (primary N) is 1. The molecule has 4 rings (SSSR count). The number of halogens is 3. The minimum atomic E-state index is -4.60. The van der Waals surface area contributed by atoms with Gasteiger partial charge in [-0.3, -0.25) is 5.43 Å². The summed E-state index contributed by atoms with van der Waals surface area (Å²) < 4.78 is 42.4. The van der Waals surface area contributed by atoms with E-state index >= 15 is 0 Å². The van der Waals surface area contributed by atoms with E-state index in [4.69, 9.17) is 5.73 Å². The summed E-state index contributed by atoms with van der Waals surface area (Å²) in [5.41, 5.74) is 13.1. The highest BCUT2D eigenvalue weighted by Gasteiger charge is 2.57. The number of amidine groups is 2. The molecule has 2 aromatic rings. The second-order valence-corrected chi connectivity index (χ2v) is 6.09. The van der Waals surface area contributed by atoms with E-state index < -0.39 is 11.7 Å². The van der Waals surface area contributed by atoms with Crippen molar-refractivity contribution in [2.45, 2.75) is 18.1 Å².